The average Bonchev–Trinajstić information content (AvgIpc) is 2.26. The Balaban J connectivity index is 2.12. The molecule has 0 bridgehead atoms. The zero-order chi connectivity index (χ0) is 14.0. The van der Waals surface area contributed by atoms with Crippen LogP contribution in [0.25, 0.3) is 0 Å². The maximum atomic E-state index is 13.4. The van der Waals surface area contributed by atoms with E-state index >= 15 is 0 Å². The number of hydrogen-bond acceptors (Lipinski definition) is 3. The summed E-state index contributed by atoms with van der Waals surface area (Å²) in [6.45, 7) is 0. The number of amides is 1. The first kappa shape index (κ1) is 13.5. The molecule has 0 aromatic heterocycles. The summed E-state index contributed by atoms with van der Waals surface area (Å²) in [5.41, 5.74) is 4.86. The molecular weight excluding hydrogens is 251 g/mol. The van der Waals surface area contributed by atoms with E-state index in [1.165, 1.54) is 12.1 Å². The topological polar surface area (TPSA) is 92.4 Å². The van der Waals surface area contributed by atoms with Crippen molar-refractivity contribution in [3.63, 3.8) is 0 Å². The Bertz CT molecular complexity index is 527. The van der Waals surface area contributed by atoms with E-state index in [1.54, 1.807) is 0 Å². The van der Waals surface area contributed by atoms with Crippen molar-refractivity contribution in [2.45, 2.75) is 31.2 Å². The van der Waals surface area contributed by atoms with Crippen LogP contribution in [0.4, 0.5) is 10.1 Å². The summed E-state index contributed by atoms with van der Waals surface area (Å²) in [5, 5.41) is 11.4. The summed E-state index contributed by atoms with van der Waals surface area (Å²) < 4.78 is 13.4. The number of carboxylic acid groups (broad SMARTS) is 1. The van der Waals surface area contributed by atoms with Crippen molar-refractivity contribution in [3.05, 3.63) is 29.6 Å². The van der Waals surface area contributed by atoms with Gasteiger partial charge in [0, 0.05) is 12.0 Å². The Morgan fingerprint density at radius 1 is 1.42 bits per heavy atom. The van der Waals surface area contributed by atoms with E-state index < -0.39 is 28.8 Å². The van der Waals surface area contributed by atoms with E-state index in [0.29, 0.717) is 0 Å². The van der Waals surface area contributed by atoms with Gasteiger partial charge in [0.1, 0.15) is 11.4 Å². The molecule has 102 valence electrons. The molecule has 0 radical (unpaired) electrons. The molecule has 19 heavy (non-hydrogen) atoms. The van der Waals surface area contributed by atoms with Gasteiger partial charge in [0.05, 0.1) is 5.69 Å². The van der Waals surface area contributed by atoms with Crippen LogP contribution < -0.4 is 11.1 Å². The highest BCUT2D eigenvalue weighted by molar-refractivity contribution is 6.00. The van der Waals surface area contributed by atoms with E-state index in [1.807, 2.05) is 0 Å². The fraction of sp³-hybridized carbons (Fsp3) is 0.385. The van der Waals surface area contributed by atoms with Gasteiger partial charge in [-0.05, 0) is 31.4 Å². The van der Waals surface area contributed by atoms with Gasteiger partial charge in [-0.1, -0.05) is 6.07 Å². The van der Waals surface area contributed by atoms with Crippen molar-refractivity contribution >= 4 is 17.6 Å². The molecule has 1 fully saturated rings. The Labute approximate surface area is 109 Å². The summed E-state index contributed by atoms with van der Waals surface area (Å²) in [6, 6.07) is 3.74. The van der Waals surface area contributed by atoms with Gasteiger partial charge in [-0.3, -0.25) is 4.79 Å². The second-order valence-electron chi connectivity index (χ2n) is 4.91. The lowest BCUT2D eigenvalue weighted by Crippen LogP contribution is -2.49. The second-order valence-corrected chi connectivity index (χ2v) is 4.91. The molecule has 0 atom stereocenters. The minimum absolute atomic E-state index is 0.0413. The fourth-order valence-corrected chi connectivity index (χ4v) is 2.17. The summed E-state index contributed by atoms with van der Waals surface area (Å²) in [6.07, 6.45) is 2.65. The van der Waals surface area contributed by atoms with Gasteiger partial charge >= 0.3 is 5.97 Å². The lowest BCUT2D eigenvalue weighted by molar-refractivity contribution is -0.118. The largest absolute Gasteiger partial charge is 0.478 e. The predicted molar refractivity (Wildman–Crippen MR) is 67.4 cm³/mol. The van der Waals surface area contributed by atoms with Gasteiger partial charge in [0.2, 0.25) is 5.91 Å². The predicted octanol–water partition coefficient (Wildman–Crippen LogP) is 1.73. The van der Waals surface area contributed by atoms with Crippen molar-refractivity contribution in [1.82, 2.24) is 0 Å². The van der Waals surface area contributed by atoms with Gasteiger partial charge in [-0.15, -0.1) is 0 Å². The molecule has 1 aromatic carbocycles. The van der Waals surface area contributed by atoms with Gasteiger partial charge in [-0.25, -0.2) is 9.18 Å². The zero-order valence-electron chi connectivity index (χ0n) is 10.3. The van der Waals surface area contributed by atoms with Gasteiger partial charge in [-0.2, -0.15) is 0 Å². The molecule has 1 amide bonds. The van der Waals surface area contributed by atoms with E-state index in [2.05, 4.69) is 5.32 Å². The highest BCUT2D eigenvalue weighted by Gasteiger charge is 2.34. The van der Waals surface area contributed by atoms with Crippen molar-refractivity contribution in [2.24, 2.45) is 5.73 Å². The van der Waals surface area contributed by atoms with Crippen molar-refractivity contribution in [2.75, 3.05) is 5.32 Å². The van der Waals surface area contributed by atoms with Gasteiger partial charge < -0.3 is 16.2 Å². The Kier molecular flexibility index (Phi) is 3.53. The third kappa shape index (κ3) is 2.90. The number of halogens is 1. The Hall–Kier alpha value is -1.95. The quantitative estimate of drug-likeness (QED) is 0.773. The smallest absolute Gasteiger partial charge is 0.340 e. The Morgan fingerprint density at radius 2 is 2.11 bits per heavy atom. The first-order chi connectivity index (χ1) is 8.91. The molecule has 4 N–H and O–H groups in total. The number of benzene rings is 1. The van der Waals surface area contributed by atoms with Crippen LogP contribution in [0.3, 0.4) is 0 Å². The number of aromatic carboxylic acids is 1. The average molecular weight is 266 g/mol. The summed E-state index contributed by atoms with van der Waals surface area (Å²) in [4.78, 5) is 22.8. The number of nitrogens with two attached hydrogens (primary N) is 1. The van der Waals surface area contributed by atoms with Crippen molar-refractivity contribution in [1.29, 1.82) is 0 Å². The molecule has 5 nitrogen and oxygen atoms in total. The molecule has 0 heterocycles. The second kappa shape index (κ2) is 4.97. The van der Waals surface area contributed by atoms with Crippen LogP contribution in [0.2, 0.25) is 0 Å². The Morgan fingerprint density at radius 3 is 2.63 bits per heavy atom. The number of nitrogens with one attached hydrogen (secondary N) is 1. The van der Waals surface area contributed by atoms with E-state index in [4.69, 9.17) is 10.8 Å². The third-order valence-corrected chi connectivity index (χ3v) is 3.36. The van der Waals surface area contributed by atoms with Crippen LogP contribution in [-0.4, -0.2) is 22.5 Å². The molecule has 0 spiro atoms. The maximum Gasteiger partial charge on any atom is 0.340 e. The minimum Gasteiger partial charge on any atom is -0.478 e. The number of anilines is 1. The van der Waals surface area contributed by atoms with Crippen molar-refractivity contribution < 1.29 is 19.1 Å². The monoisotopic (exact) mass is 266 g/mol. The highest BCUT2D eigenvalue weighted by atomic mass is 19.1. The minimum atomic E-state index is -1.42. The van der Waals surface area contributed by atoms with Gasteiger partial charge in [0.25, 0.3) is 0 Å². The number of carbonyl (C=O) groups excluding carboxylic acids is 1. The van der Waals surface area contributed by atoms with E-state index in [0.717, 1.165) is 25.3 Å². The van der Waals surface area contributed by atoms with Crippen LogP contribution in [0.5, 0.6) is 0 Å². The first-order valence-electron chi connectivity index (χ1n) is 6.02. The zero-order valence-corrected chi connectivity index (χ0v) is 10.3. The fourth-order valence-electron chi connectivity index (χ4n) is 2.17. The number of hydrogen-bond donors (Lipinski definition) is 3. The number of rotatable bonds is 4. The number of carboxylic acids is 1. The maximum absolute atomic E-state index is 13.4. The molecule has 2 rings (SSSR count). The van der Waals surface area contributed by atoms with Crippen LogP contribution >= 0.6 is 0 Å². The third-order valence-electron chi connectivity index (χ3n) is 3.36. The molecule has 6 heteroatoms. The molecule has 1 aromatic rings. The van der Waals surface area contributed by atoms with Crippen LogP contribution in [0.1, 0.15) is 36.0 Å². The van der Waals surface area contributed by atoms with E-state index in [-0.39, 0.29) is 12.1 Å². The SMILES string of the molecule is NC1(CC(=O)Nc2cccc(F)c2C(=O)O)CCC1. The molecule has 0 aliphatic heterocycles. The molecule has 1 aliphatic rings. The molecule has 1 aliphatic carbocycles. The molecule has 1 saturated carbocycles. The van der Waals surface area contributed by atoms with Crippen LogP contribution in [0, 0.1) is 5.82 Å². The normalized spacial score (nSPS) is 16.5. The van der Waals surface area contributed by atoms with Crippen LogP contribution in [0.15, 0.2) is 18.2 Å². The molecule has 0 unspecified atom stereocenters. The van der Waals surface area contributed by atoms with E-state index in [9.17, 15) is 14.0 Å². The standard InChI is InChI=1S/C13H15FN2O3/c14-8-3-1-4-9(11(8)12(18)19)16-10(17)7-13(15)5-2-6-13/h1,3-4H,2,5-7,15H2,(H,16,17)(H,18,19). The lowest BCUT2D eigenvalue weighted by atomic mass is 9.75. The number of carbonyl (C=O) groups is 2. The molecule has 0 saturated heterocycles. The van der Waals surface area contributed by atoms with Crippen molar-refractivity contribution in [3.8, 4) is 0 Å². The van der Waals surface area contributed by atoms with Gasteiger partial charge in [0.15, 0.2) is 0 Å². The lowest BCUT2D eigenvalue weighted by Gasteiger charge is -2.37. The highest BCUT2D eigenvalue weighted by Crippen LogP contribution is 2.32. The summed E-state index contributed by atoms with van der Waals surface area (Å²) in [5.74, 6) is -2.69. The molecular formula is C13H15FN2O3. The van der Waals surface area contributed by atoms with Crippen LogP contribution in [-0.2, 0) is 4.79 Å². The summed E-state index contributed by atoms with van der Waals surface area (Å²) >= 11 is 0. The summed E-state index contributed by atoms with van der Waals surface area (Å²) in [7, 11) is 0. The first-order valence-corrected chi connectivity index (χ1v) is 6.02.